The van der Waals surface area contributed by atoms with Crippen LogP contribution in [-0.4, -0.2) is 30.4 Å². The molecule has 1 aliphatic rings. The molecular formula is C18H24N2O. The Kier molecular flexibility index (Phi) is 5.41. The van der Waals surface area contributed by atoms with Gasteiger partial charge in [-0.05, 0) is 49.8 Å². The first-order chi connectivity index (χ1) is 10.1. The molecule has 1 amide bonds. The van der Waals surface area contributed by atoms with Crippen molar-refractivity contribution in [3.05, 3.63) is 34.9 Å². The van der Waals surface area contributed by atoms with Crippen molar-refractivity contribution in [1.82, 2.24) is 4.90 Å². The van der Waals surface area contributed by atoms with E-state index in [9.17, 15) is 4.79 Å². The van der Waals surface area contributed by atoms with Gasteiger partial charge in [-0.2, -0.15) is 0 Å². The smallest absolute Gasteiger partial charge is 0.254 e. The van der Waals surface area contributed by atoms with Gasteiger partial charge in [0, 0.05) is 24.2 Å². The van der Waals surface area contributed by atoms with Crippen molar-refractivity contribution in [2.24, 2.45) is 11.7 Å². The molecule has 1 fully saturated rings. The molecular weight excluding hydrogens is 260 g/mol. The van der Waals surface area contributed by atoms with Gasteiger partial charge in [0.25, 0.3) is 5.91 Å². The van der Waals surface area contributed by atoms with E-state index in [1.165, 1.54) is 6.42 Å². The maximum Gasteiger partial charge on any atom is 0.254 e. The highest BCUT2D eigenvalue weighted by atomic mass is 16.2. The van der Waals surface area contributed by atoms with Crippen molar-refractivity contribution in [2.75, 3.05) is 19.6 Å². The van der Waals surface area contributed by atoms with Crippen LogP contribution in [0, 0.1) is 24.7 Å². The van der Waals surface area contributed by atoms with Crippen LogP contribution < -0.4 is 5.73 Å². The molecule has 1 heterocycles. The number of aryl methyl sites for hydroxylation is 1. The van der Waals surface area contributed by atoms with Crippen LogP contribution in [0.2, 0.25) is 0 Å². The third-order valence-corrected chi connectivity index (χ3v) is 4.11. The standard InChI is InChI=1S/C18H24N2O/c1-14-5-4-11-20(12-9-14)18(21)17-13-16(6-3-10-19)8-7-15(17)2/h7-8,13-14H,4-5,9-12,19H2,1-2H3. The Morgan fingerprint density at radius 1 is 1.38 bits per heavy atom. The molecule has 1 saturated heterocycles. The van der Waals surface area contributed by atoms with Crippen LogP contribution in [-0.2, 0) is 0 Å². The zero-order chi connectivity index (χ0) is 15.2. The number of hydrogen-bond acceptors (Lipinski definition) is 2. The van der Waals surface area contributed by atoms with E-state index in [4.69, 9.17) is 5.73 Å². The van der Waals surface area contributed by atoms with E-state index < -0.39 is 0 Å². The fraction of sp³-hybridized carbons (Fsp3) is 0.500. The molecule has 0 spiro atoms. The van der Waals surface area contributed by atoms with Crippen molar-refractivity contribution in [2.45, 2.75) is 33.1 Å². The molecule has 3 heteroatoms. The minimum Gasteiger partial charge on any atom is -0.339 e. The van der Waals surface area contributed by atoms with Crippen molar-refractivity contribution >= 4 is 5.91 Å². The van der Waals surface area contributed by atoms with E-state index >= 15 is 0 Å². The normalized spacial score (nSPS) is 18.6. The van der Waals surface area contributed by atoms with Gasteiger partial charge in [-0.15, -0.1) is 0 Å². The van der Waals surface area contributed by atoms with Crippen LogP contribution in [0.5, 0.6) is 0 Å². The summed E-state index contributed by atoms with van der Waals surface area (Å²) >= 11 is 0. The van der Waals surface area contributed by atoms with Gasteiger partial charge in [0.15, 0.2) is 0 Å². The summed E-state index contributed by atoms with van der Waals surface area (Å²) in [5.74, 6) is 6.69. The quantitative estimate of drug-likeness (QED) is 0.806. The van der Waals surface area contributed by atoms with Crippen LogP contribution >= 0.6 is 0 Å². The first kappa shape index (κ1) is 15.6. The third-order valence-electron chi connectivity index (χ3n) is 4.11. The monoisotopic (exact) mass is 284 g/mol. The van der Waals surface area contributed by atoms with Crippen molar-refractivity contribution < 1.29 is 4.79 Å². The van der Waals surface area contributed by atoms with Gasteiger partial charge in [0.05, 0.1) is 6.54 Å². The molecule has 0 aromatic heterocycles. The number of carbonyl (C=O) groups is 1. The summed E-state index contributed by atoms with van der Waals surface area (Å²) < 4.78 is 0. The number of rotatable bonds is 1. The SMILES string of the molecule is Cc1ccc(C#CCN)cc1C(=O)N1CCCC(C)CC1. The van der Waals surface area contributed by atoms with Gasteiger partial charge in [0.1, 0.15) is 0 Å². The van der Waals surface area contributed by atoms with E-state index in [0.29, 0.717) is 12.5 Å². The second-order valence-corrected chi connectivity index (χ2v) is 5.86. The van der Waals surface area contributed by atoms with Crippen molar-refractivity contribution in [3.8, 4) is 11.8 Å². The first-order valence-electron chi connectivity index (χ1n) is 7.70. The number of hydrogen-bond donors (Lipinski definition) is 1. The van der Waals surface area contributed by atoms with Gasteiger partial charge < -0.3 is 10.6 Å². The zero-order valence-corrected chi connectivity index (χ0v) is 13.0. The number of amides is 1. The number of benzene rings is 1. The molecule has 1 aromatic rings. The second-order valence-electron chi connectivity index (χ2n) is 5.86. The Hall–Kier alpha value is -1.79. The number of nitrogens with two attached hydrogens (primary N) is 1. The van der Waals surface area contributed by atoms with Crippen LogP contribution in [0.25, 0.3) is 0 Å². The average Bonchev–Trinajstić information content (AvgIpc) is 2.70. The molecule has 2 rings (SSSR count). The lowest BCUT2D eigenvalue weighted by molar-refractivity contribution is 0.0759. The summed E-state index contributed by atoms with van der Waals surface area (Å²) in [6.07, 6.45) is 3.40. The predicted octanol–water partition coefficient (Wildman–Crippen LogP) is 2.57. The van der Waals surface area contributed by atoms with Gasteiger partial charge >= 0.3 is 0 Å². The lowest BCUT2D eigenvalue weighted by Crippen LogP contribution is -2.32. The summed E-state index contributed by atoms with van der Waals surface area (Å²) in [4.78, 5) is 14.8. The molecule has 2 N–H and O–H groups in total. The van der Waals surface area contributed by atoms with E-state index in [1.807, 2.05) is 30.0 Å². The third kappa shape index (κ3) is 4.09. The maximum absolute atomic E-state index is 12.8. The summed E-state index contributed by atoms with van der Waals surface area (Å²) in [5, 5.41) is 0. The lowest BCUT2D eigenvalue weighted by atomic mass is 10.0. The Morgan fingerprint density at radius 3 is 2.95 bits per heavy atom. The highest BCUT2D eigenvalue weighted by Gasteiger charge is 2.21. The molecule has 112 valence electrons. The minimum absolute atomic E-state index is 0.137. The number of carbonyl (C=O) groups excluding carboxylic acids is 1. The van der Waals surface area contributed by atoms with Crippen LogP contribution in [0.15, 0.2) is 18.2 Å². The molecule has 1 aromatic carbocycles. The number of likely N-dealkylation sites (tertiary alicyclic amines) is 1. The van der Waals surface area contributed by atoms with E-state index in [0.717, 1.165) is 42.6 Å². The second kappa shape index (κ2) is 7.28. The van der Waals surface area contributed by atoms with Gasteiger partial charge in [-0.25, -0.2) is 0 Å². The summed E-state index contributed by atoms with van der Waals surface area (Å²) in [6, 6.07) is 5.81. The van der Waals surface area contributed by atoms with Gasteiger partial charge in [-0.3, -0.25) is 4.79 Å². The fourth-order valence-corrected chi connectivity index (χ4v) is 2.72. The largest absolute Gasteiger partial charge is 0.339 e. The molecule has 0 radical (unpaired) electrons. The predicted molar refractivity (Wildman–Crippen MR) is 86.0 cm³/mol. The Morgan fingerprint density at radius 2 is 2.19 bits per heavy atom. The molecule has 3 nitrogen and oxygen atoms in total. The summed E-state index contributed by atoms with van der Waals surface area (Å²) in [6.45, 7) is 6.30. The minimum atomic E-state index is 0.137. The Labute approximate surface area is 127 Å². The van der Waals surface area contributed by atoms with Crippen molar-refractivity contribution in [1.29, 1.82) is 0 Å². The van der Waals surface area contributed by atoms with Crippen LogP contribution in [0.1, 0.15) is 47.7 Å². The zero-order valence-electron chi connectivity index (χ0n) is 13.0. The average molecular weight is 284 g/mol. The highest BCUT2D eigenvalue weighted by Crippen LogP contribution is 2.20. The molecule has 21 heavy (non-hydrogen) atoms. The van der Waals surface area contributed by atoms with E-state index in [-0.39, 0.29) is 5.91 Å². The first-order valence-corrected chi connectivity index (χ1v) is 7.70. The molecule has 0 aliphatic carbocycles. The Balaban J connectivity index is 2.21. The molecule has 1 unspecified atom stereocenters. The highest BCUT2D eigenvalue weighted by molar-refractivity contribution is 5.96. The Bertz CT molecular complexity index is 568. The van der Waals surface area contributed by atoms with E-state index in [1.54, 1.807) is 0 Å². The summed E-state index contributed by atoms with van der Waals surface area (Å²) in [5.41, 5.74) is 8.04. The van der Waals surface area contributed by atoms with E-state index in [2.05, 4.69) is 18.8 Å². The fourth-order valence-electron chi connectivity index (χ4n) is 2.72. The van der Waals surface area contributed by atoms with Crippen LogP contribution in [0.4, 0.5) is 0 Å². The van der Waals surface area contributed by atoms with Gasteiger partial charge in [-0.1, -0.05) is 24.8 Å². The van der Waals surface area contributed by atoms with Crippen LogP contribution in [0.3, 0.4) is 0 Å². The molecule has 0 bridgehead atoms. The maximum atomic E-state index is 12.8. The molecule has 1 atom stereocenters. The topological polar surface area (TPSA) is 46.3 Å². The number of nitrogens with zero attached hydrogens (tertiary/aromatic N) is 1. The lowest BCUT2D eigenvalue weighted by Gasteiger charge is -2.21. The molecule has 1 aliphatic heterocycles. The van der Waals surface area contributed by atoms with Gasteiger partial charge in [0.2, 0.25) is 0 Å². The summed E-state index contributed by atoms with van der Waals surface area (Å²) in [7, 11) is 0. The van der Waals surface area contributed by atoms with Crippen molar-refractivity contribution in [3.63, 3.8) is 0 Å². The molecule has 0 saturated carbocycles.